The van der Waals surface area contributed by atoms with Crippen LogP contribution in [0.4, 0.5) is 5.69 Å². The van der Waals surface area contributed by atoms with Gasteiger partial charge in [-0.15, -0.1) is 0 Å². The van der Waals surface area contributed by atoms with Crippen molar-refractivity contribution in [3.8, 4) is 5.75 Å². The van der Waals surface area contributed by atoms with Gasteiger partial charge >= 0.3 is 0 Å². The van der Waals surface area contributed by atoms with E-state index in [2.05, 4.69) is 17.9 Å². The molecule has 0 fully saturated rings. The number of ether oxygens (including phenoxy) is 1. The maximum absolute atomic E-state index is 12.1. The van der Waals surface area contributed by atoms with Gasteiger partial charge in [-0.05, 0) is 30.2 Å². The van der Waals surface area contributed by atoms with Crippen molar-refractivity contribution in [1.82, 2.24) is 0 Å². The van der Waals surface area contributed by atoms with E-state index in [0.717, 1.165) is 5.56 Å². The molecule has 3 nitrogen and oxygen atoms in total. The lowest BCUT2D eigenvalue weighted by Crippen LogP contribution is -2.25. The van der Waals surface area contributed by atoms with Gasteiger partial charge < -0.3 is 10.1 Å². The van der Waals surface area contributed by atoms with Crippen LogP contribution in [0.2, 0.25) is 5.02 Å². The van der Waals surface area contributed by atoms with Crippen molar-refractivity contribution in [2.24, 2.45) is 0 Å². The molecule has 1 N–H and O–H groups in total. The van der Waals surface area contributed by atoms with Crippen LogP contribution < -0.4 is 10.1 Å². The topological polar surface area (TPSA) is 38.3 Å². The molecular formula is C16H16ClNO2S. The number of rotatable bonds is 5. The van der Waals surface area contributed by atoms with E-state index in [0.29, 0.717) is 22.9 Å². The standard InChI is InChI=1S/C16H16ClNO2S/c1-20-14-8-7-12(10-13(14)17)18-16(19)15(21)9-11-5-3-2-4-6-11/h2-8,10,15,21H,9H2,1H3,(H,18,19). The van der Waals surface area contributed by atoms with Gasteiger partial charge in [-0.3, -0.25) is 4.79 Å². The van der Waals surface area contributed by atoms with Crippen LogP contribution in [0.5, 0.6) is 5.75 Å². The van der Waals surface area contributed by atoms with Gasteiger partial charge in [-0.25, -0.2) is 0 Å². The zero-order valence-electron chi connectivity index (χ0n) is 11.5. The summed E-state index contributed by atoms with van der Waals surface area (Å²) in [6.45, 7) is 0. The van der Waals surface area contributed by atoms with Crippen LogP contribution in [0.25, 0.3) is 0 Å². The Balaban J connectivity index is 1.99. The molecule has 2 rings (SSSR count). The normalized spacial score (nSPS) is 11.8. The average molecular weight is 322 g/mol. The molecule has 0 spiro atoms. The third-order valence-corrected chi connectivity index (χ3v) is 3.71. The van der Waals surface area contributed by atoms with Gasteiger partial charge in [0, 0.05) is 5.69 Å². The minimum atomic E-state index is -0.423. The van der Waals surface area contributed by atoms with Crippen LogP contribution in [0.3, 0.4) is 0 Å². The first-order valence-electron chi connectivity index (χ1n) is 6.46. The highest BCUT2D eigenvalue weighted by atomic mass is 35.5. The molecule has 110 valence electrons. The smallest absolute Gasteiger partial charge is 0.237 e. The summed E-state index contributed by atoms with van der Waals surface area (Å²) in [7, 11) is 1.54. The number of anilines is 1. The largest absolute Gasteiger partial charge is 0.495 e. The Bertz CT molecular complexity index is 619. The predicted octanol–water partition coefficient (Wildman–Crippen LogP) is 3.83. The maximum Gasteiger partial charge on any atom is 0.237 e. The molecule has 5 heteroatoms. The lowest BCUT2D eigenvalue weighted by molar-refractivity contribution is -0.115. The van der Waals surface area contributed by atoms with Crippen molar-refractivity contribution in [3.63, 3.8) is 0 Å². The summed E-state index contributed by atoms with van der Waals surface area (Å²) in [5.41, 5.74) is 1.69. The summed E-state index contributed by atoms with van der Waals surface area (Å²) in [6, 6.07) is 14.9. The van der Waals surface area contributed by atoms with Gasteiger partial charge in [0.15, 0.2) is 0 Å². The minimum Gasteiger partial charge on any atom is -0.495 e. The number of methoxy groups -OCH3 is 1. The van der Waals surface area contributed by atoms with E-state index in [-0.39, 0.29) is 5.91 Å². The molecular weight excluding hydrogens is 306 g/mol. The second-order valence-corrected chi connectivity index (χ2v) is 5.57. The van der Waals surface area contributed by atoms with Crippen molar-refractivity contribution in [2.45, 2.75) is 11.7 Å². The monoisotopic (exact) mass is 321 g/mol. The maximum atomic E-state index is 12.1. The van der Waals surface area contributed by atoms with E-state index in [1.165, 1.54) is 0 Å². The van der Waals surface area contributed by atoms with Crippen LogP contribution in [0, 0.1) is 0 Å². The van der Waals surface area contributed by atoms with E-state index in [4.69, 9.17) is 16.3 Å². The third-order valence-electron chi connectivity index (χ3n) is 2.99. The number of thiol groups is 1. The second kappa shape index (κ2) is 7.38. The third kappa shape index (κ3) is 4.41. The highest BCUT2D eigenvalue weighted by molar-refractivity contribution is 7.81. The summed E-state index contributed by atoms with van der Waals surface area (Å²) in [5.74, 6) is 0.407. The Hall–Kier alpha value is -1.65. The Morgan fingerprint density at radius 1 is 1.29 bits per heavy atom. The molecule has 0 aliphatic rings. The summed E-state index contributed by atoms with van der Waals surface area (Å²) >= 11 is 10.4. The van der Waals surface area contributed by atoms with Crippen LogP contribution in [-0.2, 0) is 11.2 Å². The Kier molecular flexibility index (Phi) is 5.53. The number of nitrogens with one attached hydrogen (secondary N) is 1. The van der Waals surface area contributed by atoms with E-state index >= 15 is 0 Å². The Morgan fingerprint density at radius 2 is 2.00 bits per heavy atom. The quantitative estimate of drug-likeness (QED) is 0.821. The zero-order valence-corrected chi connectivity index (χ0v) is 13.2. The summed E-state index contributed by atoms with van der Waals surface area (Å²) in [5, 5.41) is 2.83. The molecule has 1 amide bonds. The summed E-state index contributed by atoms with van der Waals surface area (Å²) < 4.78 is 5.07. The molecule has 0 saturated carbocycles. The minimum absolute atomic E-state index is 0.164. The highest BCUT2D eigenvalue weighted by Crippen LogP contribution is 2.27. The zero-order chi connectivity index (χ0) is 15.2. The molecule has 0 bridgehead atoms. The second-order valence-electron chi connectivity index (χ2n) is 4.54. The number of carbonyl (C=O) groups is 1. The summed E-state index contributed by atoms with van der Waals surface area (Å²) in [6.07, 6.45) is 0.569. The first kappa shape index (κ1) is 15.7. The SMILES string of the molecule is COc1ccc(NC(=O)C(S)Cc2ccccc2)cc1Cl. The lowest BCUT2D eigenvalue weighted by Gasteiger charge is -2.12. The van der Waals surface area contributed by atoms with Gasteiger partial charge in [0.05, 0.1) is 17.4 Å². The molecule has 0 heterocycles. The van der Waals surface area contributed by atoms with Crippen LogP contribution >= 0.6 is 24.2 Å². The molecule has 0 aliphatic heterocycles. The fraction of sp³-hybridized carbons (Fsp3) is 0.188. The molecule has 0 aromatic heterocycles. The lowest BCUT2D eigenvalue weighted by atomic mass is 10.1. The number of amides is 1. The van der Waals surface area contributed by atoms with Crippen LogP contribution in [0.15, 0.2) is 48.5 Å². The average Bonchev–Trinajstić information content (AvgIpc) is 2.48. The molecule has 0 radical (unpaired) electrons. The van der Waals surface area contributed by atoms with E-state index in [1.807, 2.05) is 30.3 Å². The first-order chi connectivity index (χ1) is 10.1. The molecule has 1 unspecified atom stereocenters. The van der Waals surface area contributed by atoms with Gasteiger partial charge in [0.2, 0.25) is 5.91 Å². The first-order valence-corrected chi connectivity index (χ1v) is 7.36. The predicted molar refractivity (Wildman–Crippen MR) is 89.6 cm³/mol. The number of carbonyl (C=O) groups excluding carboxylic acids is 1. The number of hydrogen-bond donors (Lipinski definition) is 2. The van der Waals surface area contributed by atoms with E-state index in [1.54, 1.807) is 25.3 Å². The van der Waals surface area contributed by atoms with E-state index < -0.39 is 5.25 Å². The van der Waals surface area contributed by atoms with Crippen molar-refractivity contribution in [3.05, 3.63) is 59.1 Å². The Morgan fingerprint density at radius 3 is 2.62 bits per heavy atom. The van der Waals surface area contributed by atoms with Gasteiger partial charge in [0.25, 0.3) is 0 Å². The fourth-order valence-electron chi connectivity index (χ4n) is 1.90. The van der Waals surface area contributed by atoms with Gasteiger partial charge in [-0.1, -0.05) is 41.9 Å². The number of benzene rings is 2. The van der Waals surface area contributed by atoms with Gasteiger partial charge in [0.1, 0.15) is 5.75 Å². The summed E-state index contributed by atoms with van der Waals surface area (Å²) in [4.78, 5) is 12.1. The highest BCUT2D eigenvalue weighted by Gasteiger charge is 2.15. The number of halogens is 1. The molecule has 0 saturated heterocycles. The molecule has 0 aliphatic carbocycles. The van der Waals surface area contributed by atoms with Crippen LogP contribution in [-0.4, -0.2) is 18.3 Å². The Labute approximate surface area is 134 Å². The van der Waals surface area contributed by atoms with E-state index in [9.17, 15) is 4.79 Å². The number of hydrogen-bond acceptors (Lipinski definition) is 3. The van der Waals surface area contributed by atoms with Gasteiger partial charge in [-0.2, -0.15) is 12.6 Å². The van der Waals surface area contributed by atoms with Crippen molar-refractivity contribution in [2.75, 3.05) is 12.4 Å². The molecule has 2 aromatic carbocycles. The van der Waals surface area contributed by atoms with Crippen molar-refractivity contribution >= 4 is 35.8 Å². The molecule has 21 heavy (non-hydrogen) atoms. The molecule has 1 atom stereocenters. The fourth-order valence-corrected chi connectivity index (χ4v) is 2.43. The molecule has 2 aromatic rings. The van der Waals surface area contributed by atoms with Crippen molar-refractivity contribution < 1.29 is 9.53 Å². The van der Waals surface area contributed by atoms with Crippen LogP contribution in [0.1, 0.15) is 5.56 Å². The van der Waals surface area contributed by atoms with Crippen molar-refractivity contribution in [1.29, 1.82) is 0 Å².